The van der Waals surface area contributed by atoms with E-state index in [0.29, 0.717) is 4.47 Å². The Hall–Kier alpha value is -1.51. The molecule has 4 nitrogen and oxygen atoms in total. The maximum atomic E-state index is 14.1. The first kappa shape index (κ1) is 15.9. The number of sulfonamides is 1. The van der Waals surface area contributed by atoms with Crippen LogP contribution in [0.4, 0.5) is 14.5 Å². The van der Waals surface area contributed by atoms with Crippen LogP contribution in [-0.2, 0) is 16.6 Å². The van der Waals surface area contributed by atoms with Crippen molar-refractivity contribution in [2.75, 3.05) is 4.72 Å². The van der Waals surface area contributed by atoms with E-state index in [1.807, 2.05) is 0 Å². The van der Waals surface area contributed by atoms with Crippen LogP contribution in [0.25, 0.3) is 0 Å². The minimum atomic E-state index is -4.19. The maximum Gasteiger partial charge on any atom is 0.264 e. The van der Waals surface area contributed by atoms with E-state index in [1.165, 1.54) is 6.07 Å². The molecule has 0 saturated carbocycles. The third-order valence-electron chi connectivity index (χ3n) is 2.76. The molecule has 0 fully saturated rings. The molecular weight excluding hydrogens is 366 g/mol. The fourth-order valence-corrected chi connectivity index (χ4v) is 3.41. The Morgan fingerprint density at radius 3 is 2.43 bits per heavy atom. The van der Waals surface area contributed by atoms with Gasteiger partial charge in [-0.1, -0.05) is 12.1 Å². The van der Waals surface area contributed by atoms with Gasteiger partial charge in [0.2, 0.25) is 0 Å². The van der Waals surface area contributed by atoms with Crippen molar-refractivity contribution in [2.24, 2.45) is 5.73 Å². The number of para-hydroxylation sites is 1. The van der Waals surface area contributed by atoms with Crippen molar-refractivity contribution in [3.63, 3.8) is 0 Å². The van der Waals surface area contributed by atoms with Crippen LogP contribution in [0, 0.1) is 11.6 Å². The Bertz CT molecular complexity index is 782. The normalized spacial score (nSPS) is 11.4. The lowest BCUT2D eigenvalue weighted by molar-refractivity contribution is 0.530. The highest BCUT2D eigenvalue weighted by atomic mass is 79.9. The number of rotatable bonds is 4. The quantitative estimate of drug-likeness (QED) is 0.861. The molecule has 3 N–H and O–H groups in total. The van der Waals surface area contributed by atoms with Crippen LogP contribution in [0.1, 0.15) is 5.56 Å². The Labute approximate surface area is 129 Å². The SMILES string of the molecule is NCc1c(F)ccc(S(=O)(=O)Nc2ccccc2Br)c1F. The molecule has 0 aliphatic heterocycles. The van der Waals surface area contributed by atoms with Crippen LogP contribution in [0.3, 0.4) is 0 Å². The Kier molecular flexibility index (Phi) is 4.60. The number of halogens is 3. The predicted octanol–water partition coefficient (Wildman–Crippen LogP) is 2.99. The second kappa shape index (κ2) is 6.08. The standard InChI is InChI=1S/C13H11BrF2N2O2S/c14-9-3-1-2-4-11(9)18-21(19,20)12-6-5-10(15)8(7-17)13(12)16/h1-6,18H,7,17H2. The number of nitrogens with one attached hydrogen (secondary N) is 1. The van der Waals surface area contributed by atoms with Crippen LogP contribution in [0.15, 0.2) is 45.8 Å². The molecule has 0 radical (unpaired) electrons. The summed E-state index contributed by atoms with van der Waals surface area (Å²) in [6, 6.07) is 8.20. The summed E-state index contributed by atoms with van der Waals surface area (Å²) < 4.78 is 54.6. The van der Waals surface area contributed by atoms with Gasteiger partial charge in [-0.15, -0.1) is 0 Å². The fourth-order valence-electron chi connectivity index (χ4n) is 1.71. The van der Waals surface area contributed by atoms with E-state index in [1.54, 1.807) is 18.2 Å². The second-order valence-electron chi connectivity index (χ2n) is 4.13. The van der Waals surface area contributed by atoms with Crippen molar-refractivity contribution >= 4 is 31.6 Å². The van der Waals surface area contributed by atoms with Gasteiger partial charge in [-0.2, -0.15) is 0 Å². The molecule has 0 atom stereocenters. The lowest BCUT2D eigenvalue weighted by Gasteiger charge is -2.12. The first-order chi connectivity index (χ1) is 9.86. The van der Waals surface area contributed by atoms with Crippen molar-refractivity contribution in [3.05, 3.63) is 58.1 Å². The zero-order chi connectivity index (χ0) is 15.6. The van der Waals surface area contributed by atoms with E-state index in [4.69, 9.17) is 5.73 Å². The van der Waals surface area contributed by atoms with E-state index in [0.717, 1.165) is 12.1 Å². The van der Waals surface area contributed by atoms with E-state index in [-0.39, 0.29) is 5.69 Å². The average Bonchev–Trinajstić information content (AvgIpc) is 2.41. The van der Waals surface area contributed by atoms with Gasteiger partial charge in [-0.25, -0.2) is 17.2 Å². The van der Waals surface area contributed by atoms with Crippen LogP contribution in [0.5, 0.6) is 0 Å². The summed E-state index contributed by atoms with van der Waals surface area (Å²) in [6.45, 7) is -0.434. The number of benzene rings is 2. The van der Waals surface area contributed by atoms with Crippen LogP contribution in [0.2, 0.25) is 0 Å². The molecule has 0 aliphatic carbocycles. The van der Waals surface area contributed by atoms with Gasteiger partial charge in [0, 0.05) is 16.6 Å². The molecule has 8 heteroatoms. The molecule has 2 rings (SSSR count). The summed E-state index contributed by atoms with van der Waals surface area (Å²) in [7, 11) is -4.19. The molecule has 21 heavy (non-hydrogen) atoms. The molecule has 0 spiro atoms. The van der Waals surface area contributed by atoms with Crippen LogP contribution in [-0.4, -0.2) is 8.42 Å². The molecule has 0 amide bonds. The van der Waals surface area contributed by atoms with Crippen molar-refractivity contribution in [3.8, 4) is 0 Å². The van der Waals surface area contributed by atoms with Crippen LogP contribution >= 0.6 is 15.9 Å². The van der Waals surface area contributed by atoms with Gasteiger partial charge >= 0.3 is 0 Å². The monoisotopic (exact) mass is 376 g/mol. The van der Waals surface area contributed by atoms with Crippen molar-refractivity contribution in [2.45, 2.75) is 11.4 Å². The summed E-state index contributed by atoms with van der Waals surface area (Å²) in [5, 5.41) is 0. The maximum absolute atomic E-state index is 14.1. The molecule has 0 aliphatic rings. The molecular formula is C13H11BrF2N2O2S. The molecule has 0 unspecified atom stereocenters. The minimum absolute atomic E-state index is 0.246. The molecule has 0 saturated heterocycles. The van der Waals surface area contributed by atoms with E-state index in [9.17, 15) is 17.2 Å². The molecule has 2 aromatic rings. The van der Waals surface area contributed by atoms with Gasteiger partial charge < -0.3 is 5.73 Å². The highest BCUT2D eigenvalue weighted by molar-refractivity contribution is 9.10. The summed E-state index contributed by atoms with van der Waals surface area (Å²) in [6.07, 6.45) is 0. The van der Waals surface area contributed by atoms with Crippen LogP contribution < -0.4 is 10.5 Å². The van der Waals surface area contributed by atoms with Gasteiger partial charge in [0.15, 0.2) is 5.82 Å². The fraction of sp³-hybridized carbons (Fsp3) is 0.0769. The number of anilines is 1. The smallest absolute Gasteiger partial charge is 0.264 e. The first-order valence-electron chi connectivity index (χ1n) is 5.81. The van der Waals surface area contributed by atoms with E-state index >= 15 is 0 Å². The number of hydrogen-bond acceptors (Lipinski definition) is 3. The number of nitrogens with two attached hydrogens (primary N) is 1. The third-order valence-corrected chi connectivity index (χ3v) is 4.84. The number of hydrogen-bond donors (Lipinski definition) is 2. The lowest BCUT2D eigenvalue weighted by Crippen LogP contribution is -2.17. The first-order valence-corrected chi connectivity index (χ1v) is 8.08. The molecule has 0 bridgehead atoms. The minimum Gasteiger partial charge on any atom is -0.326 e. The summed E-state index contributed by atoms with van der Waals surface area (Å²) in [5.74, 6) is -2.06. The molecule has 112 valence electrons. The summed E-state index contributed by atoms with van der Waals surface area (Å²) >= 11 is 3.18. The Morgan fingerprint density at radius 1 is 1.14 bits per heavy atom. The van der Waals surface area contributed by atoms with Gasteiger partial charge in [0.25, 0.3) is 10.0 Å². The molecule has 0 aromatic heterocycles. The van der Waals surface area contributed by atoms with Crippen molar-refractivity contribution in [1.29, 1.82) is 0 Å². The zero-order valence-electron chi connectivity index (χ0n) is 10.6. The third kappa shape index (κ3) is 3.22. The second-order valence-corrected chi connectivity index (χ2v) is 6.63. The summed E-state index contributed by atoms with van der Waals surface area (Å²) in [5.41, 5.74) is 5.02. The highest BCUT2D eigenvalue weighted by Gasteiger charge is 2.23. The average molecular weight is 377 g/mol. The zero-order valence-corrected chi connectivity index (χ0v) is 13.0. The van der Waals surface area contributed by atoms with Gasteiger partial charge in [-0.3, -0.25) is 4.72 Å². The highest BCUT2D eigenvalue weighted by Crippen LogP contribution is 2.27. The predicted molar refractivity (Wildman–Crippen MR) is 79.2 cm³/mol. The topological polar surface area (TPSA) is 72.2 Å². The van der Waals surface area contributed by atoms with Gasteiger partial charge in [-0.05, 0) is 40.2 Å². The largest absolute Gasteiger partial charge is 0.326 e. The Morgan fingerprint density at radius 2 is 1.81 bits per heavy atom. The van der Waals surface area contributed by atoms with Crippen molar-refractivity contribution < 1.29 is 17.2 Å². The van der Waals surface area contributed by atoms with Gasteiger partial charge in [0.05, 0.1) is 5.69 Å². The molecule has 0 heterocycles. The van der Waals surface area contributed by atoms with E-state index in [2.05, 4.69) is 20.7 Å². The van der Waals surface area contributed by atoms with E-state index < -0.39 is 38.7 Å². The Balaban J connectivity index is 2.48. The van der Waals surface area contributed by atoms with Gasteiger partial charge in [0.1, 0.15) is 10.7 Å². The van der Waals surface area contributed by atoms with Crippen molar-refractivity contribution in [1.82, 2.24) is 0 Å². The summed E-state index contributed by atoms with van der Waals surface area (Å²) in [4.78, 5) is -0.653. The lowest BCUT2D eigenvalue weighted by atomic mass is 10.2. The molecule has 2 aromatic carbocycles.